The quantitative estimate of drug-likeness (QED) is 0.841. The number of aliphatic hydroxyl groups excluding tert-OH is 1. The van der Waals surface area contributed by atoms with Crippen molar-refractivity contribution in [3.63, 3.8) is 0 Å². The van der Waals surface area contributed by atoms with Crippen LogP contribution < -0.4 is 14.8 Å². The Hall–Kier alpha value is -1.75. The molecule has 0 unspecified atom stereocenters. The Balaban J connectivity index is 2.01. The summed E-state index contributed by atoms with van der Waals surface area (Å²) in [5.41, 5.74) is 0.454. The third kappa shape index (κ3) is 4.11. The van der Waals surface area contributed by atoms with E-state index in [0.717, 1.165) is 12.8 Å². The van der Waals surface area contributed by atoms with Gasteiger partial charge in [-0.3, -0.25) is 4.79 Å². The Morgan fingerprint density at radius 2 is 2.10 bits per heavy atom. The zero-order valence-corrected chi connectivity index (χ0v) is 12.6. The molecule has 1 aliphatic heterocycles. The lowest BCUT2D eigenvalue weighted by molar-refractivity contribution is 0.0922. The molecule has 0 fully saturated rings. The topological polar surface area (TPSA) is 67.8 Å². The van der Waals surface area contributed by atoms with E-state index in [-0.39, 0.29) is 17.9 Å². The van der Waals surface area contributed by atoms with Crippen LogP contribution in [0.15, 0.2) is 18.2 Å². The fourth-order valence-electron chi connectivity index (χ4n) is 2.31. The molecule has 0 atom stereocenters. The summed E-state index contributed by atoms with van der Waals surface area (Å²) in [5.74, 6) is 0.984. The van der Waals surface area contributed by atoms with Crippen LogP contribution in [0, 0.1) is 5.41 Å². The maximum absolute atomic E-state index is 12.3. The average molecular weight is 293 g/mol. The van der Waals surface area contributed by atoms with Gasteiger partial charge in [0, 0.05) is 13.2 Å². The van der Waals surface area contributed by atoms with Gasteiger partial charge in [-0.2, -0.15) is 0 Å². The molecule has 1 aromatic rings. The van der Waals surface area contributed by atoms with Crippen LogP contribution in [0.1, 0.15) is 37.0 Å². The molecule has 5 nitrogen and oxygen atoms in total. The number of ether oxygens (including phenoxy) is 2. The van der Waals surface area contributed by atoms with Gasteiger partial charge >= 0.3 is 0 Å². The molecular weight excluding hydrogens is 270 g/mol. The van der Waals surface area contributed by atoms with E-state index < -0.39 is 0 Å². The van der Waals surface area contributed by atoms with Crippen molar-refractivity contribution in [3.05, 3.63) is 23.8 Å². The molecule has 0 aliphatic carbocycles. The summed E-state index contributed by atoms with van der Waals surface area (Å²) in [6.07, 6.45) is 1.59. The SMILES string of the molecule is CC(C)(CCCO)CNC(=O)c1cccc2c1OCCO2. The second kappa shape index (κ2) is 6.80. The molecule has 0 aromatic heterocycles. The summed E-state index contributed by atoms with van der Waals surface area (Å²) < 4.78 is 11.0. The number of nitrogens with one attached hydrogen (secondary N) is 1. The van der Waals surface area contributed by atoms with Crippen molar-refractivity contribution in [1.82, 2.24) is 5.32 Å². The van der Waals surface area contributed by atoms with Gasteiger partial charge in [-0.25, -0.2) is 0 Å². The van der Waals surface area contributed by atoms with E-state index in [4.69, 9.17) is 14.6 Å². The fraction of sp³-hybridized carbons (Fsp3) is 0.562. The van der Waals surface area contributed by atoms with Gasteiger partial charge in [0.25, 0.3) is 5.91 Å². The van der Waals surface area contributed by atoms with Gasteiger partial charge in [-0.15, -0.1) is 0 Å². The van der Waals surface area contributed by atoms with E-state index in [0.29, 0.717) is 36.8 Å². The van der Waals surface area contributed by atoms with Crippen molar-refractivity contribution in [2.24, 2.45) is 5.41 Å². The highest BCUT2D eigenvalue weighted by molar-refractivity contribution is 5.97. The maximum Gasteiger partial charge on any atom is 0.255 e. The van der Waals surface area contributed by atoms with Crippen molar-refractivity contribution in [1.29, 1.82) is 0 Å². The smallest absolute Gasteiger partial charge is 0.255 e. The molecule has 116 valence electrons. The molecule has 0 spiro atoms. The van der Waals surface area contributed by atoms with Gasteiger partial charge in [0.2, 0.25) is 0 Å². The first-order chi connectivity index (χ1) is 10.0. The molecular formula is C16H23NO4. The summed E-state index contributed by atoms with van der Waals surface area (Å²) in [7, 11) is 0. The van der Waals surface area contributed by atoms with Crippen LogP contribution in [0.25, 0.3) is 0 Å². The predicted molar refractivity (Wildman–Crippen MR) is 79.9 cm³/mol. The van der Waals surface area contributed by atoms with Crippen molar-refractivity contribution in [3.8, 4) is 11.5 Å². The number of benzene rings is 1. The largest absolute Gasteiger partial charge is 0.486 e. The first-order valence-corrected chi connectivity index (χ1v) is 7.31. The molecule has 2 rings (SSSR count). The highest BCUT2D eigenvalue weighted by atomic mass is 16.6. The minimum Gasteiger partial charge on any atom is -0.486 e. The summed E-state index contributed by atoms with van der Waals surface area (Å²) >= 11 is 0. The van der Waals surface area contributed by atoms with Crippen LogP contribution in [-0.4, -0.2) is 37.4 Å². The Labute approximate surface area is 125 Å². The zero-order valence-electron chi connectivity index (χ0n) is 12.6. The second-order valence-corrected chi connectivity index (χ2v) is 6.00. The third-order valence-corrected chi connectivity index (χ3v) is 3.55. The summed E-state index contributed by atoms with van der Waals surface area (Å²) in [4.78, 5) is 12.3. The average Bonchev–Trinajstić information content (AvgIpc) is 2.50. The highest BCUT2D eigenvalue weighted by Crippen LogP contribution is 2.33. The number of amides is 1. The lowest BCUT2D eigenvalue weighted by Gasteiger charge is -2.25. The van der Waals surface area contributed by atoms with Crippen LogP contribution in [0.2, 0.25) is 0 Å². The van der Waals surface area contributed by atoms with E-state index in [1.54, 1.807) is 18.2 Å². The second-order valence-electron chi connectivity index (χ2n) is 6.00. The van der Waals surface area contributed by atoms with Crippen molar-refractivity contribution in [2.45, 2.75) is 26.7 Å². The van der Waals surface area contributed by atoms with Gasteiger partial charge in [0.1, 0.15) is 13.2 Å². The van der Waals surface area contributed by atoms with E-state index in [9.17, 15) is 4.79 Å². The van der Waals surface area contributed by atoms with Crippen LogP contribution in [0.4, 0.5) is 0 Å². The number of carbonyl (C=O) groups is 1. The van der Waals surface area contributed by atoms with Gasteiger partial charge in [-0.05, 0) is 30.4 Å². The van der Waals surface area contributed by atoms with E-state index in [1.165, 1.54) is 0 Å². The number of hydrogen-bond acceptors (Lipinski definition) is 4. The lowest BCUT2D eigenvalue weighted by Crippen LogP contribution is -2.34. The van der Waals surface area contributed by atoms with Crippen LogP contribution >= 0.6 is 0 Å². The molecule has 5 heteroatoms. The van der Waals surface area contributed by atoms with Gasteiger partial charge < -0.3 is 19.9 Å². The molecule has 0 saturated carbocycles. The zero-order chi connectivity index (χ0) is 15.3. The molecule has 1 heterocycles. The highest BCUT2D eigenvalue weighted by Gasteiger charge is 2.23. The third-order valence-electron chi connectivity index (χ3n) is 3.55. The fourth-order valence-corrected chi connectivity index (χ4v) is 2.31. The molecule has 0 radical (unpaired) electrons. The van der Waals surface area contributed by atoms with Crippen molar-refractivity contribution < 1.29 is 19.4 Å². The normalized spacial score (nSPS) is 13.9. The van der Waals surface area contributed by atoms with Crippen molar-refractivity contribution >= 4 is 5.91 Å². The molecule has 0 saturated heterocycles. The van der Waals surface area contributed by atoms with Crippen LogP contribution in [-0.2, 0) is 0 Å². The first-order valence-electron chi connectivity index (χ1n) is 7.31. The number of para-hydroxylation sites is 1. The Kier molecular flexibility index (Phi) is 5.07. The minimum atomic E-state index is -0.158. The van der Waals surface area contributed by atoms with Crippen LogP contribution in [0.3, 0.4) is 0 Å². The number of aliphatic hydroxyl groups is 1. The molecule has 1 aliphatic rings. The summed E-state index contributed by atoms with van der Waals surface area (Å²) in [5, 5.41) is 11.8. The van der Waals surface area contributed by atoms with Gasteiger partial charge in [-0.1, -0.05) is 19.9 Å². The minimum absolute atomic E-state index is 0.0510. The summed E-state index contributed by atoms with van der Waals surface area (Å²) in [6.45, 7) is 5.84. The van der Waals surface area contributed by atoms with Gasteiger partial charge in [0.15, 0.2) is 11.5 Å². The van der Waals surface area contributed by atoms with E-state index >= 15 is 0 Å². The number of rotatable bonds is 6. The monoisotopic (exact) mass is 293 g/mol. The summed E-state index contributed by atoms with van der Waals surface area (Å²) in [6, 6.07) is 5.33. The molecule has 0 bridgehead atoms. The first kappa shape index (κ1) is 15.6. The number of carbonyl (C=O) groups excluding carboxylic acids is 1. The van der Waals surface area contributed by atoms with Crippen molar-refractivity contribution in [2.75, 3.05) is 26.4 Å². The maximum atomic E-state index is 12.3. The molecule has 21 heavy (non-hydrogen) atoms. The Morgan fingerprint density at radius 1 is 1.33 bits per heavy atom. The number of fused-ring (bicyclic) bond motifs is 1. The van der Waals surface area contributed by atoms with Gasteiger partial charge in [0.05, 0.1) is 5.56 Å². The van der Waals surface area contributed by atoms with E-state index in [1.807, 2.05) is 0 Å². The molecule has 1 amide bonds. The standard InChI is InChI=1S/C16H23NO4/c1-16(2,7-4-8-18)11-17-15(19)12-5-3-6-13-14(12)21-10-9-20-13/h3,5-6,18H,4,7-11H2,1-2H3,(H,17,19). The predicted octanol–water partition coefficient (Wildman–Crippen LogP) is 1.99. The Morgan fingerprint density at radius 3 is 2.86 bits per heavy atom. The Bertz CT molecular complexity index is 499. The lowest BCUT2D eigenvalue weighted by atomic mass is 9.88. The molecule has 2 N–H and O–H groups in total. The van der Waals surface area contributed by atoms with E-state index in [2.05, 4.69) is 19.2 Å². The number of hydrogen-bond donors (Lipinski definition) is 2. The molecule has 1 aromatic carbocycles. The van der Waals surface area contributed by atoms with Crippen LogP contribution in [0.5, 0.6) is 11.5 Å².